The molecule has 1 aliphatic carbocycles. The molecule has 1 fully saturated rings. The molecule has 0 amide bonds. The fourth-order valence-corrected chi connectivity index (χ4v) is 2.00. The Balaban J connectivity index is 2.01. The molecule has 15 heavy (non-hydrogen) atoms. The van der Waals surface area contributed by atoms with Crippen molar-refractivity contribution in [2.24, 2.45) is 5.92 Å². The maximum Gasteiger partial charge on any atom is 0.139 e. The third-order valence-corrected chi connectivity index (χ3v) is 2.92. The first-order chi connectivity index (χ1) is 7.36. The van der Waals surface area contributed by atoms with E-state index in [2.05, 4.69) is 24.3 Å². The summed E-state index contributed by atoms with van der Waals surface area (Å²) in [4.78, 5) is 11.6. The smallest absolute Gasteiger partial charge is 0.139 e. The van der Waals surface area contributed by atoms with E-state index in [0.29, 0.717) is 5.78 Å². The number of benzene rings is 1. The van der Waals surface area contributed by atoms with Crippen LogP contribution in [-0.2, 0) is 4.79 Å². The number of hydrogen-bond donors (Lipinski definition) is 0. The SMILES string of the molecule is O=C1CCCCC1/C=C/c1ccccc1. The number of carbonyl (C=O) groups is 1. The van der Waals surface area contributed by atoms with E-state index in [1.165, 1.54) is 12.0 Å². The zero-order valence-electron chi connectivity index (χ0n) is 8.86. The molecule has 0 bridgehead atoms. The summed E-state index contributed by atoms with van der Waals surface area (Å²) in [6.45, 7) is 0. The van der Waals surface area contributed by atoms with Crippen LogP contribution in [0.2, 0.25) is 0 Å². The fraction of sp³-hybridized carbons (Fsp3) is 0.357. The first-order valence-corrected chi connectivity index (χ1v) is 5.62. The minimum Gasteiger partial charge on any atom is -0.299 e. The predicted octanol–water partition coefficient (Wildman–Crippen LogP) is 3.46. The summed E-state index contributed by atoms with van der Waals surface area (Å²) in [5.41, 5.74) is 1.18. The Hall–Kier alpha value is -1.37. The molecule has 1 unspecified atom stereocenters. The van der Waals surface area contributed by atoms with E-state index < -0.39 is 0 Å². The van der Waals surface area contributed by atoms with Crippen molar-refractivity contribution in [3.8, 4) is 0 Å². The van der Waals surface area contributed by atoms with Crippen molar-refractivity contribution in [3.05, 3.63) is 42.0 Å². The molecule has 0 N–H and O–H groups in total. The van der Waals surface area contributed by atoms with Gasteiger partial charge in [-0.15, -0.1) is 0 Å². The summed E-state index contributed by atoms with van der Waals surface area (Å²) in [6, 6.07) is 10.2. The Bertz CT molecular complexity index is 351. The second-order valence-electron chi connectivity index (χ2n) is 4.09. The predicted molar refractivity (Wildman–Crippen MR) is 62.4 cm³/mol. The molecule has 0 aromatic heterocycles. The van der Waals surface area contributed by atoms with Crippen LogP contribution < -0.4 is 0 Å². The van der Waals surface area contributed by atoms with Crippen LogP contribution in [0.1, 0.15) is 31.2 Å². The van der Waals surface area contributed by atoms with Crippen molar-refractivity contribution in [2.75, 3.05) is 0 Å². The third kappa shape index (κ3) is 2.79. The van der Waals surface area contributed by atoms with Gasteiger partial charge in [0.05, 0.1) is 0 Å². The molecule has 1 atom stereocenters. The lowest BCUT2D eigenvalue weighted by Gasteiger charge is -2.16. The summed E-state index contributed by atoms with van der Waals surface area (Å²) >= 11 is 0. The van der Waals surface area contributed by atoms with Crippen molar-refractivity contribution < 1.29 is 4.79 Å². The molecule has 0 saturated heterocycles. The number of carbonyl (C=O) groups excluding carboxylic acids is 1. The molecule has 0 spiro atoms. The lowest BCUT2D eigenvalue weighted by atomic mass is 9.87. The zero-order chi connectivity index (χ0) is 10.5. The number of ketones is 1. The van der Waals surface area contributed by atoms with E-state index in [1.54, 1.807) is 0 Å². The van der Waals surface area contributed by atoms with Gasteiger partial charge in [0.15, 0.2) is 0 Å². The molecule has 1 heteroatoms. The van der Waals surface area contributed by atoms with Gasteiger partial charge in [-0.1, -0.05) is 48.9 Å². The highest BCUT2D eigenvalue weighted by Gasteiger charge is 2.18. The van der Waals surface area contributed by atoms with Crippen molar-refractivity contribution >= 4 is 11.9 Å². The molecule has 0 aliphatic heterocycles. The standard InChI is InChI=1S/C14H16O/c15-14-9-5-4-8-13(14)11-10-12-6-2-1-3-7-12/h1-3,6-7,10-11,13H,4-5,8-9H2/b11-10+. The second-order valence-corrected chi connectivity index (χ2v) is 4.09. The molecule has 1 aromatic carbocycles. The Labute approximate surface area is 90.8 Å². The Kier molecular flexibility index (Phi) is 3.33. The van der Waals surface area contributed by atoms with Gasteiger partial charge < -0.3 is 0 Å². The van der Waals surface area contributed by atoms with Gasteiger partial charge in [-0.25, -0.2) is 0 Å². The summed E-state index contributed by atoms with van der Waals surface area (Å²) in [5, 5.41) is 0. The number of hydrogen-bond acceptors (Lipinski definition) is 1. The van der Waals surface area contributed by atoms with Gasteiger partial charge in [-0.2, -0.15) is 0 Å². The van der Waals surface area contributed by atoms with Gasteiger partial charge in [-0.05, 0) is 18.4 Å². The summed E-state index contributed by atoms with van der Waals surface area (Å²) < 4.78 is 0. The van der Waals surface area contributed by atoms with Gasteiger partial charge in [0.1, 0.15) is 5.78 Å². The number of allylic oxidation sites excluding steroid dienone is 1. The van der Waals surface area contributed by atoms with E-state index in [-0.39, 0.29) is 5.92 Å². The minimum absolute atomic E-state index is 0.166. The van der Waals surface area contributed by atoms with Crippen LogP contribution in [0.3, 0.4) is 0 Å². The first-order valence-electron chi connectivity index (χ1n) is 5.62. The molecule has 78 valence electrons. The lowest BCUT2D eigenvalue weighted by molar-refractivity contribution is -0.122. The quantitative estimate of drug-likeness (QED) is 0.714. The molecule has 1 aromatic rings. The molecule has 0 heterocycles. The fourth-order valence-electron chi connectivity index (χ4n) is 2.00. The van der Waals surface area contributed by atoms with Gasteiger partial charge in [-0.3, -0.25) is 4.79 Å². The Morgan fingerprint density at radius 1 is 1.13 bits per heavy atom. The molecule has 1 nitrogen and oxygen atoms in total. The Morgan fingerprint density at radius 2 is 1.93 bits per heavy atom. The lowest BCUT2D eigenvalue weighted by Crippen LogP contribution is -2.16. The largest absolute Gasteiger partial charge is 0.299 e. The van der Waals surface area contributed by atoms with Crippen molar-refractivity contribution in [1.82, 2.24) is 0 Å². The van der Waals surface area contributed by atoms with E-state index in [4.69, 9.17) is 0 Å². The van der Waals surface area contributed by atoms with E-state index in [1.807, 2.05) is 18.2 Å². The van der Waals surface area contributed by atoms with E-state index in [0.717, 1.165) is 19.3 Å². The monoisotopic (exact) mass is 200 g/mol. The van der Waals surface area contributed by atoms with E-state index >= 15 is 0 Å². The second kappa shape index (κ2) is 4.92. The van der Waals surface area contributed by atoms with Crippen LogP contribution in [0.5, 0.6) is 0 Å². The maximum absolute atomic E-state index is 11.6. The highest BCUT2D eigenvalue weighted by Crippen LogP contribution is 2.22. The van der Waals surface area contributed by atoms with Gasteiger partial charge in [0, 0.05) is 12.3 Å². The van der Waals surface area contributed by atoms with Gasteiger partial charge in [0.2, 0.25) is 0 Å². The van der Waals surface area contributed by atoms with E-state index in [9.17, 15) is 4.79 Å². The van der Waals surface area contributed by atoms with Crippen LogP contribution in [0, 0.1) is 5.92 Å². The molecular weight excluding hydrogens is 184 g/mol. The normalized spacial score (nSPS) is 22.1. The highest BCUT2D eigenvalue weighted by molar-refractivity contribution is 5.84. The summed E-state index contributed by atoms with van der Waals surface area (Å²) in [7, 11) is 0. The average molecular weight is 200 g/mol. The van der Waals surface area contributed by atoms with Crippen molar-refractivity contribution in [1.29, 1.82) is 0 Å². The third-order valence-electron chi connectivity index (χ3n) is 2.92. The maximum atomic E-state index is 11.6. The zero-order valence-corrected chi connectivity index (χ0v) is 8.86. The molecular formula is C14H16O. The number of rotatable bonds is 2. The van der Waals surface area contributed by atoms with Gasteiger partial charge in [0.25, 0.3) is 0 Å². The van der Waals surface area contributed by atoms with Crippen LogP contribution in [0.4, 0.5) is 0 Å². The van der Waals surface area contributed by atoms with Crippen molar-refractivity contribution in [2.45, 2.75) is 25.7 Å². The molecule has 0 radical (unpaired) electrons. The van der Waals surface area contributed by atoms with Crippen molar-refractivity contribution in [3.63, 3.8) is 0 Å². The number of Topliss-reactive ketones (excluding diaryl/α,β-unsaturated/α-hetero) is 1. The van der Waals surface area contributed by atoms with Crippen LogP contribution in [-0.4, -0.2) is 5.78 Å². The van der Waals surface area contributed by atoms with Crippen LogP contribution >= 0.6 is 0 Å². The average Bonchev–Trinajstić information content (AvgIpc) is 2.29. The van der Waals surface area contributed by atoms with Crippen LogP contribution in [0.25, 0.3) is 6.08 Å². The summed E-state index contributed by atoms with van der Waals surface area (Å²) in [5.74, 6) is 0.576. The van der Waals surface area contributed by atoms with Crippen LogP contribution in [0.15, 0.2) is 36.4 Å². The first kappa shape index (κ1) is 10.2. The van der Waals surface area contributed by atoms with Gasteiger partial charge >= 0.3 is 0 Å². The summed E-state index contributed by atoms with van der Waals surface area (Å²) in [6.07, 6.45) is 8.20. The Morgan fingerprint density at radius 3 is 2.67 bits per heavy atom. The molecule has 2 rings (SSSR count). The topological polar surface area (TPSA) is 17.1 Å². The minimum atomic E-state index is 0.166. The molecule has 1 aliphatic rings. The highest BCUT2D eigenvalue weighted by atomic mass is 16.1. The molecule has 1 saturated carbocycles.